The number of hydrogen-bond acceptors (Lipinski definition) is 5. The number of hydrogen-bond donors (Lipinski definition) is 2. The minimum Gasteiger partial charge on any atom is -0.379 e. The van der Waals surface area contributed by atoms with Gasteiger partial charge in [0.05, 0.1) is 31.5 Å². The van der Waals surface area contributed by atoms with Crippen molar-refractivity contribution in [3.05, 3.63) is 0 Å². The van der Waals surface area contributed by atoms with Gasteiger partial charge < -0.3 is 20.1 Å². The molecule has 0 aliphatic carbocycles. The SMILES string of the molecule is CN=C(NCC1(N2CCOCC2)CCSC1)NC1CC2CCC1O2.I. The van der Waals surface area contributed by atoms with E-state index in [1.54, 1.807) is 0 Å². The number of halogens is 1. The number of rotatable bonds is 4. The van der Waals surface area contributed by atoms with Crippen LogP contribution in [0.3, 0.4) is 0 Å². The molecule has 4 aliphatic rings. The number of thioether (sulfide) groups is 1. The maximum atomic E-state index is 5.95. The minimum absolute atomic E-state index is 0. The fourth-order valence-corrected chi connectivity index (χ4v) is 6.02. The molecule has 144 valence electrons. The molecule has 0 radical (unpaired) electrons. The van der Waals surface area contributed by atoms with E-state index in [4.69, 9.17) is 9.47 Å². The van der Waals surface area contributed by atoms with Gasteiger partial charge in [-0.05, 0) is 31.4 Å². The van der Waals surface area contributed by atoms with Crippen LogP contribution in [0.2, 0.25) is 0 Å². The van der Waals surface area contributed by atoms with Crippen molar-refractivity contribution in [2.45, 2.75) is 49.5 Å². The molecule has 0 spiro atoms. The van der Waals surface area contributed by atoms with Crippen LogP contribution in [0.25, 0.3) is 0 Å². The van der Waals surface area contributed by atoms with Gasteiger partial charge in [-0.15, -0.1) is 24.0 Å². The zero-order valence-corrected chi connectivity index (χ0v) is 18.2. The van der Waals surface area contributed by atoms with E-state index in [1.807, 2.05) is 7.05 Å². The van der Waals surface area contributed by atoms with Gasteiger partial charge in [-0.2, -0.15) is 11.8 Å². The summed E-state index contributed by atoms with van der Waals surface area (Å²) >= 11 is 2.07. The first kappa shape index (κ1) is 20.0. The molecule has 4 rings (SSSR count). The predicted octanol–water partition coefficient (Wildman–Crippen LogP) is 1.30. The smallest absolute Gasteiger partial charge is 0.191 e. The number of aliphatic imine (C=N–C) groups is 1. The molecular weight excluding hydrogens is 451 g/mol. The molecule has 0 aromatic rings. The number of morpholine rings is 1. The Kier molecular flexibility index (Phi) is 7.15. The molecule has 2 bridgehead atoms. The van der Waals surface area contributed by atoms with Crippen LogP contribution in [0.15, 0.2) is 4.99 Å². The molecular formula is C17H31IN4O2S. The van der Waals surface area contributed by atoms with Crippen LogP contribution in [-0.4, -0.2) is 86.0 Å². The average molecular weight is 482 g/mol. The lowest BCUT2D eigenvalue weighted by Gasteiger charge is -2.43. The molecule has 4 unspecified atom stereocenters. The Morgan fingerprint density at radius 3 is 2.76 bits per heavy atom. The molecule has 2 N–H and O–H groups in total. The molecule has 0 saturated carbocycles. The Morgan fingerprint density at radius 2 is 2.16 bits per heavy atom. The Hall–Kier alpha value is 0.230. The van der Waals surface area contributed by atoms with E-state index in [0.717, 1.165) is 45.2 Å². The molecule has 4 aliphatic heterocycles. The van der Waals surface area contributed by atoms with Crippen LogP contribution >= 0.6 is 35.7 Å². The third-order valence-electron chi connectivity index (χ3n) is 6.00. The number of ether oxygens (including phenoxy) is 2. The molecule has 25 heavy (non-hydrogen) atoms. The normalized spacial score (nSPS) is 38.6. The first-order valence-corrected chi connectivity index (χ1v) is 10.5. The van der Waals surface area contributed by atoms with Crippen molar-refractivity contribution in [1.82, 2.24) is 15.5 Å². The van der Waals surface area contributed by atoms with Crippen molar-refractivity contribution in [1.29, 1.82) is 0 Å². The van der Waals surface area contributed by atoms with Gasteiger partial charge >= 0.3 is 0 Å². The van der Waals surface area contributed by atoms with E-state index < -0.39 is 0 Å². The summed E-state index contributed by atoms with van der Waals surface area (Å²) in [6.45, 7) is 4.79. The van der Waals surface area contributed by atoms with Crippen LogP contribution in [0, 0.1) is 0 Å². The molecule has 4 fully saturated rings. The van der Waals surface area contributed by atoms with Crippen LogP contribution in [-0.2, 0) is 9.47 Å². The molecule has 0 amide bonds. The van der Waals surface area contributed by atoms with Gasteiger partial charge in [-0.25, -0.2) is 0 Å². The summed E-state index contributed by atoms with van der Waals surface area (Å²) in [6, 6.07) is 0.423. The van der Waals surface area contributed by atoms with E-state index in [0.29, 0.717) is 18.2 Å². The molecule has 8 heteroatoms. The summed E-state index contributed by atoms with van der Waals surface area (Å²) in [4.78, 5) is 7.10. The second kappa shape index (κ2) is 8.95. The lowest BCUT2D eigenvalue weighted by molar-refractivity contribution is -0.0120. The largest absolute Gasteiger partial charge is 0.379 e. The van der Waals surface area contributed by atoms with E-state index in [9.17, 15) is 0 Å². The number of nitrogens with zero attached hydrogens (tertiary/aromatic N) is 2. The summed E-state index contributed by atoms with van der Waals surface area (Å²) in [7, 11) is 1.87. The maximum Gasteiger partial charge on any atom is 0.191 e. The maximum absolute atomic E-state index is 5.95. The minimum atomic E-state index is 0. The highest BCUT2D eigenvalue weighted by molar-refractivity contribution is 14.0. The third-order valence-corrected chi connectivity index (χ3v) is 7.24. The van der Waals surface area contributed by atoms with Gasteiger partial charge in [0.2, 0.25) is 0 Å². The van der Waals surface area contributed by atoms with Crippen LogP contribution < -0.4 is 10.6 Å². The van der Waals surface area contributed by atoms with E-state index in [2.05, 4.69) is 32.3 Å². The second-order valence-corrected chi connectivity index (χ2v) is 8.52. The highest BCUT2D eigenvalue weighted by Gasteiger charge is 2.42. The summed E-state index contributed by atoms with van der Waals surface area (Å²) in [6.07, 6.45) is 5.63. The lowest BCUT2D eigenvalue weighted by Crippen LogP contribution is -2.60. The Morgan fingerprint density at radius 1 is 1.32 bits per heavy atom. The van der Waals surface area contributed by atoms with Crippen molar-refractivity contribution in [2.75, 3.05) is 51.4 Å². The Bertz CT molecular complexity index is 470. The average Bonchev–Trinajstić information content (AvgIpc) is 3.36. The first-order valence-electron chi connectivity index (χ1n) is 9.32. The molecule has 4 atom stereocenters. The summed E-state index contributed by atoms with van der Waals surface area (Å²) in [5, 5.41) is 7.23. The number of nitrogens with one attached hydrogen (secondary N) is 2. The monoisotopic (exact) mass is 482 g/mol. The summed E-state index contributed by atoms with van der Waals surface area (Å²) in [5.74, 6) is 3.39. The summed E-state index contributed by atoms with van der Waals surface area (Å²) < 4.78 is 11.5. The van der Waals surface area contributed by atoms with Gasteiger partial charge in [0.25, 0.3) is 0 Å². The third kappa shape index (κ3) is 4.39. The molecule has 4 saturated heterocycles. The predicted molar refractivity (Wildman–Crippen MR) is 113 cm³/mol. The van der Waals surface area contributed by atoms with Crippen LogP contribution in [0.1, 0.15) is 25.7 Å². The van der Waals surface area contributed by atoms with Crippen molar-refractivity contribution < 1.29 is 9.47 Å². The second-order valence-electron chi connectivity index (χ2n) is 7.41. The molecule has 0 aromatic carbocycles. The van der Waals surface area contributed by atoms with Crippen LogP contribution in [0.4, 0.5) is 0 Å². The van der Waals surface area contributed by atoms with Gasteiger partial charge in [0.15, 0.2) is 5.96 Å². The molecule has 0 aromatic heterocycles. The fourth-order valence-electron chi connectivity index (χ4n) is 4.54. The zero-order chi connectivity index (χ0) is 16.4. The van der Waals surface area contributed by atoms with E-state index >= 15 is 0 Å². The van der Waals surface area contributed by atoms with Crippen molar-refractivity contribution in [3.63, 3.8) is 0 Å². The van der Waals surface area contributed by atoms with Gasteiger partial charge in [-0.1, -0.05) is 0 Å². The van der Waals surface area contributed by atoms with Crippen molar-refractivity contribution >= 4 is 41.7 Å². The highest BCUT2D eigenvalue weighted by atomic mass is 127. The van der Waals surface area contributed by atoms with E-state index in [1.165, 1.54) is 30.8 Å². The topological polar surface area (TPSA) is 58.1 Å². The van der Waals surface area contributed by atoms with Crippen molar-refractivity contribution in [2.24, 2.45) is 4.99 Å². The van der Waals surface area contributed by atoms with Crippen molar-refractivity contribution in [3.8, 4) is 0 Å². The highest BCUT2D eigenvalue weighted by Crippen LogP contribution is 2.35. The fraction of sp³-hybridized carbons (Fsp3) is 0.941. The van der Waals surface area contributed by atoms with Gasteiger partial charge in [0.1, 0.15) is 0 Å². The summed E-state index contributed by atoms with van der Waals surface area (Å²) in [5.41, 5.74) is 0.247. The molecule has 6 nitrogen and oxygen atoms in total. The zero-order valence-electron chi connectivity index (χ0n) is 15.0. The van der Waals surface area contributed by atoms with Gasteiger partial charge in [0, 0.05) is 38.0 Å². The number of guanidine groups is 1. The Balaban J connectivity index is 0.00000182. The van der Waals surface area contributed by atoms with E-state index in [-0.39, 0.29) is 29.5 Å². The van der Waals surface area contributed by atoms with Gasteiger partial charge in [-0.3, -0.25) is 9.89 Å². The standard InChI is InChI=1S/C17H30N4O2S.HI/c1-18-16(20-14-10-13-2-3-15(14)23-13)19-11-17(4-9-24-12-17)21-5-7-22-8-6-21;/h13-15H,2-12H2,1H3,(H2,18,19,20);1H. The number of fused-ring (bicyclic) bond motifs is 2. The molecule has 4 heterocycles. The lowest BCUT2D eigenvalue weighted by atomic mass is 9.95. The quantitative estimate of drug-likeness (QED) is 0.358. The first-order chi connectivity index (χ1) is 11.8. The Labute approximate surface area is 172 Å². The van der Waals surface area contributed by atoms with Crippen LogP contribution in [0.5, 0.6) is 0 Å².